The first-order chi connectivity index (χ1) is 34.3. The zero-order chi connectivity index (χ0) is 50.7. The van der Waals surface area contributed by atoms with Gasteiger partial charge >= 0.3 is 0 Å². The minimum atomic E-state index is -0.343. The van der Waals surface area contributed by atoms with E-state index in [4.69, 9.17) is 9.97 Å². The van der Waals surface area contributed by atoms with Crippen molar-refractivity contribution in [3.05, 3.63) is 216 Å². The number of phenols is 1. The largest absolute Gasteiger partial charge is 0.507 e. The Morgan fingerprint density at radius 1 is 0.479 bits per heavy atom. The van der Waals surface area contributed by atoms with E-state index in [1.54, 1.807) is 0 Å². The van der Waals surface area contributed by atoms with Crippen molar-refractivity contribution in [1.82, 2.24) is 14.5 Å². The normalized spacial score (nSPS) is 12.0. The third-order valence-corrected chi connectivity index (χ3v) is 14.1. The molecule has 0 saturated carbocycles. The van der Waals surface area contributed by atoms with Gasteiger partial charge in [-0.15, -0.1) is 23.8 Å². The molecule has 73 heavy (non-hydrogen) atoms. The fourth-order valence-corrected chi connectivity index (χ4v) is 10.1. The van der Waals surface area contributed by atoms with Crippen molar-refractivity contribution in [2.45, 2.75) is 92.4 Å². The number of benzene rings is 8. The van der Waals surface area contributed by atoms with E-state index in [2.05, 4.69) is 263 Å². The molecule has 368 valence electrons. The minimum Gasteiger partial charge on any atom is -0.507 e. The van der Waals surface area contributed by atoms with Crippen molar-refractivity contribution in [3.8, 4) is 89.7 Å². The fraction of sp³-hybridized carbons (Fsp3) is 0.206. The number of nitrogens with zero attached hydrogens (tertiary/aromatic N) is 3. The third-order valence-electron chi connectivity index (χ3n) is 14.1. The summed E-state index contributed by atoms with van der Waals surface area (Å²) in [5.41, 5.74) is 21.1. The first kappa shape index (κ1) is 50.8. The van der Waals surface area contributed by atoms with Gasteiger partial charge in [-0.1, -0.05) is 218 Å². The molecule has 2 aromatic heterocycles. The summed E-state index contributed by atoms with van der Waals surface area (Å²) in [5, 5.41) is 12.6. The van der Waals surface area contributed by atoms with E-state index >= 15 is 0 Å². The van der Waals surface area contributed by atoms with Crippen LogP contribution in [0, 0.1) is 19.9 Å². The monoisotopic (exact) mass is 1130 g/mol. The number of rotatable bonds is 8. The Bertz CT molecular complexity index is 3640. The molecule has 0 atom stereocenters. The summed E-state index contributed by atoms with van der Waals surface area (Å²) in [7, 11) is 0. The van der Waals surface area contributed by atoms with Crippen LogP contribution in [0.2, 0.25) is 0 Å². The molecule has 0 fully saturated rings. The van der Waals surface area contributed by atoms with Gasteiger partial charge in [0.05, 0.1) is 22.3 Å². The zero-order valence-corrected chi connectivity index (χ0v) is 46.2. The van der Waals surface area contributed by atoms with Crippen LogP contribution < -0.4 is 0 Å². The van der Waals surface area contributed by atoms with Gasteiger partial charge in [-0.05, 0) is 116 Å². The van der Waals surface area contributed by atoms with Crippen LogP contribution in [-0.4, -0.2) is 19.6 Å². The number of aromatic nitrogens is 3. The number of hydrogen-bond donors (Lipinski definition) is 1. The summed E-state index contributed by atoms with van der Waals surface area (Å²) in [6.07, 6.45) is 1.89. The quantitative estimate of drug-likeness (QED) is 0.154. The molecule has 0 amide bonds. The predicted octanol–water partition coefficient (Wildman–Crippen LogP) is 18.1. The maximum Gasteiger partial charge on any atom is 0.148 e. The Hall–Kier alpha value is -7.13. The second-order valence-corrected chi connectivity index (χ2v) is 22.6. The molecule has 0 aliphatic rings. The SMILES string of the molecule is Cc1ccc(-c2ccnc(-c3[c-]c(-c4cccc5c4nc(-c4cc(C(C)(C)C)cc(C(C)(C)C)c4O)n5-c4ccc(-c5c(-c6ccccc6)cccc5C(C)(C)C)cc4C)cc(-c4ccccc4)c3)c2)cc1.[Pt]. The number of pyridine rings is 1. The smallest absolute Gasteiger partial charge is 0.148 e. The van der Waals surface area contributed by atoms with Crippen molar-refractivity contribution in [2.75, 3.05) is 0 Å². The van der Waals surface area contributed by atoms with Gasteiger partial charge in [-0.3, -0.25) is 9.55 Å². The van der Waals surface area contributed by atoms with E-state index in [0.29, 0.717) is 11.4 Å². The summed E-state index contributed by atoms with van der Waals surface area (Å²) in [6.45, 7) is 24.4. The summed E-state index contributed by atoms with van der Waals surface area (Å²) >= 11 is 0. The number of aromatic hydroxyl groups is 1. The molecule has 0 aliphatic heterocycles. The summed E-state index contributed by atoms with van der Waals surface area (Å²) < 4.78 is 2.27. The molecule has 10 rings (SSSR count). The number of fused-ring (bicyclic) bond motifs is 1. The van der Waals surface area contributed by atoms with E-state index in [-0.39, 0.29) is 43.1 Å². The molecule has 8 aromatic carbocycles. The number of para-hydroxylation sites is 1. The third kappa shape index (κ3) is 10.0. The van der Waals surface area contributed by atoms with Crippen LogP contribution in [0.15, 0.2) is 182 Å². The van der Waals surface area contributed by atoms with Crippen molar-refractivity contribution in [3.63, 3.8) is 0 Å². The van der Waals surface area contributed by atoms with Gasteiger partial charge in [0.2, 0.25) is 0 Å². The maximum atomic E-state index is 12.6. The molecule has 0 aliphatic carbocycles. The average molecular weight is 1130 g/mol. The molecular weight excluding hydrogens is 1070 g/mol. The standard InChI is InChI=1S/C68H64N3O.Pt/c1-43-28-30-46(31-29-43)48-34-35-69-59(40-48)52-38-50(45-20-14-12-15-21-45)37-51(39-52)55-25-19-27-61-63(55)70-65(56-41-53(66(3,4)5)42-58(64(56)72)68(9,10)11)71(61)60-33-32-49(36-44(60)2)62-54(47-22-16-13-17-23-47)24-18-26-57(62)67(6,7)8;/h12-38,40-42,72H,1-11H3;/q-1;. The average Bonchev–Trinajstić information content (AvgIpc) is 3.75. The zero-order valence-electron chi connectivity index (χ0n) is 43.9. The van der Waals surface area contributed by atoms with Crippen molar-refractivity contribution in [1.29, 1.82) is 0 Å². The molecule has 0 bridgehead atoms. The fourth-order valence-electron chi connectivity index (χ4n) is 10.1. The topological polar surface area (TPSA) is 50.9 Å². The number of hydrogen-bond acceptors (Lipinski definition) is 3. The minimum absolute atomic E-state index is 0. The maximum absolute atomic E-state index is 12.6. The molecule has 0 unspecified atom stereocenters. The van der Waals surface area contributed by atoms with E-state index in [0.717, 1.165) is 83.6 Å². The van der Waals surface area contributed by atoms with E-state index < -0.39 is 0 Å². The van der Waals surface area contributed by atoms with E-state index in [1.807, 2.05) is 6.20 Å². The van der Waals surface area contributed by atoms with Crippen molar-refractivity contribution >= 4 is 11.0 Å². The Morgan fingerprint density at radius 2 is 1.10 bits per heavy atom. The number of aryl methyl sites for hydroxylation is 2. The Kier molecular flexibility index (Phi) is 13.7. The van der Waals surface area contributed by atoms with Gasteiger partial charge in [0, 0.05) is 38.5 Å². The second-order valence-electron chi connectivity index (χ2n) is 22.6. The van der Waals surface area contributed by atoms with Gasteiger partial charge in [-0.25, -0.2) is 4.98 Å². The summed E-state index contributed by atoms with van der Waals surface area (Å²) in [6, 6.07) is 66.7. The van der Waals surface area contributed by atoms with Gasteiger partial charge in [-0.2, -0.15) is 0 Å². The van der Waals surface area contributed by atoms with Crippen LogP contribution in [0.25, 0.3) is 95.0 Å². The Balaban J connectivity index is 0.00000656. The van der Waals surface area contributed by atoms with E-state index in [1.165, 1.54) is 27.8 Å². The Labute approximate surface area is 447 Å². The van der Waals surface area contributed by atoms with Crippen molar-refractivity contribution in [2.24, 2.45) is 0 Å². The Morgan fingerprint density at radius 3 is 1.75 bits per heavy atom. The number of imidazole rings is 1. The first-order valence-electron chi connectivity index (χ1n) is 25.2. The molecule has 5 heteroatoms. The van der Waals surface area contributed by atoms with Crippen molar-refractivity contribution < 1.29 is 26.2 Å². The van der Waals surface area contributed by atoms with Crippen LogP contribution in [0.3, 0.4) is 0 Å². The van der Waals surface area contributed by atoms with Crippen LogP contribution in [0.5, 0.6) is 5.75 Å². The number of phenolic OH excluding ortho intramolecular Hbond substituents is 1. The molecule has 0 radical (unpaired) electrons. The van der Waals surface area contributed by atoms with Gasteiger partial charge < -0.3 is 5.11 Å². The predicted molar refractivity (Wildman–Crippen MR) is 303 cm³/mol. The molecule has 0 spiro atoms. The summed E-state index contributed by atoms with van der Waals surface area (Å²) in [4.78, 5) is 10.6. The van der Waals surface area contributed by atoms with E-state index in [9.17, 15) is 5.11 Å². The van der Waals surface area contributed by atoms with Crippen LogP contribution in [0.4, 0.5) is 0 Å². The van der Waals surface area contributed by atoms with Gasteiger partial charge in [0.1, 0.15) is 11.6 Å². The second kappa shape index (κ2) is 19.7. The molecule has 1 N–H and O–H groups in total. The van der Waals surface area contributed by atoms with Crippen LogP contribution >= 0.6 is 0 Å². The molecule has 0 saturated heterocycles. The van der Waals surface area contributed by atoms with Gasteiger partial charge in [0.25, 0.3) is 0 Å². The summed E-state index contributed by atoms with van der Waals surface area (Å²) in [5.74, 6) is 0.920. The molecule has 4 nitrogen and oxygen atoms in total. The first-order valence-corrected chi connectivity index (χ1v) is 25.2. The molecule has 10 aromatic rings. The molecular formula is C68H64N3OPt-. The van der Waals surface area contributed by atoms with Gasteiger partial charge in [0.15, 0.2) is 0 Å². The molecule has 2 heterocycles. The van der Waals surface area contributed by atoms with Crippen LogP contribution in [-0.2, 0) is 37.3 Å². The van der Waals surface area contributed by atoms with Crippen LogP contribution in [0.1, 0.15) is 90.1 Å².